The fourth-order valence-electron chi connectivity index (χ4n) is 2.76. The van der Waals surface area contributed by atoms with E-state index in [1.54, 1.807) is 36.4 Å². The molecular weight excluding hydrogens is 376 g/mol. The number of benzene rings is 1. The quantitative estimate of drug-likeness (QED) is 0.559. The largest absolute Gasteiger partial charge is 0.504 e. The molecule has 1 aromatic carbocycles. The maximum absolute atomic E-state index is 12.5. The van der Waals surface area contributed by atoms with Crippen LogP contribution in [0.4, 0.5) is 5.95 Å². The van der Waals surface area contributed by atoms with Crippen molar-refractivity contribution in [2.75, 3.05) is 4.72 Å². The summed E-state index contributed by atoms with van der Waals surface area (Å²) in [5, 5.41) is 11.1. The smallest absolute Gasteiger partial charge is 0.239 e. The minimum absolute atomic E-state index is 0.0264. The number of aromatic nitrogens is 3. The summed E-state index contributed by atoms with van der Waals surface area (Å²) in [4.78, 5) is 8.26. The molecule has 0 aliphatic rings. The lowest BCUT2D eigenvalue weighted by molar-refractivity contribution is 0.476. The number of anilines is 1. The van der Waals surface area contributed by atoms with Crippen LogP contribution >= 0.6 is 11.6 Å². The Bertz CT molecular complexity index is 1220. The molecule has 132 valence electrons. The first-order chi connectivity index (χ1) is 12.4. The van der Waals surface area contributed by atoms with E-state index in [1.165, 1.54) is 16.8 Å². The molecule has 0 amide bonds. The predicted octanol–water partition coefficient (Wildman–Crippen LogP) is 3.18. The van der Waals surface area contributed by atoms with Gasteiger partial charge in [-0.15, -0.1) is 0 Å². The van der Waals surface area contributed by atoms with Crippen LogP contribution in [0.3, 0.4) is 0 Å². The molecule has 7 nitrogen and oxygen atoms in total. The average Bonchev–Trinajstić information content (AvgIpc) is 3.00. The number of aromatic hydroxyl groups is 1. The van der Waals surface area contributed by atoms with Gasteiger partial charge in [0.25, 0.3) is 0 Å². The van der Waals surface area contributed by atoms with E-state index in [1.807, 2.05) is 6.07 Å². The van der Waals surface area contributed by atoms with Crippen molar-refractivity contribution in [3.8, 4) is 5.75 Å². The van der Waals surface area contributed by atoms with Crippen LogP contribution in [0, 0.1) is 0 Å². The Hall–Kier alpha value is -2.84. The van der Waals surface area contributed by atoms with E-state index >= 15 is 0 Å². The lowest BCUT2D eigenvalue weighted by atomic mass is 10.2. The van der Waals surface area contributed by atoms with Gasteiger partial charge in [0.1, 0.15) is 5.65 Å². The van der Waals surface area contributed by atoms with E-state index in [2.05, 4.69) is 14.7 Å². The Balaban J connectivity index is 1.83. The van der Waals surface area contributed by atoms with Gasteiger partial charge in [0, 0.05) is 11.6 Å². The third kappa shape index (κ3) is 2.93. The van der Waals surface area contributed by atoms with Crippen molar-refractivity contribution in [3.05, 3.63) is 65.4 Å². The minimum Gasteiger partial charge on any atom is -0.504 e. The van der Waals surface area contributed by atoms with Crippen LogP contribution < -0.4 is 4.72 Å². The first kappa shape index (κ1) is 16.6. The zero-order valence-electron chi connectivity index (χ0n) is 13.3. The maximum atomic E-state index is 12.5. The molecule has 0 aliphatic carbocycles. The van der Waals surface area contributed by atoms with Crippen molar-refractivity contribution in [1.29, 1.82) is 0 Å². The van der Waals surface area contributed by atoms with E-state index in [4.69, 9.17) is 11.6 Å². The Labute approximate surface area is 154 Å². The highest BCUT2D eigenvalue weighted by Crippen LogP contribution is 2.31. The van der Waals surface area contributed by atoms with Crippen LogP contribution in [0.1, 0.15) is 5.56 Å². The van der Waals surface area contributed by atoms with Gasteiger partial charge in [-0.3, -0.25) is 9.12 Å². The highest BCUT2D eigenvalue weighted by atomic mass is 35.5. The molecule has 3 heterocycles. The van der Waals surface area contributed by atoms with Gasteiger partial charge in [-0.25, -0.2) is 18.4 Å². The fourth-order valence-corrected chi connectivity index (χ4v) is 4.08. The van der Waals surface area contributed by atoms with Crippen LogP contribution in [0.2, 0.25) is 5.02 Å². The van der Waals surface area contributed by atoms with Gasteiger partial charge in [0.15, 0.2) is 5.75 Å². The molecule has 3 aromatic heterocycles. The van der Waals surface area contributed by atoms with Crippen molar-refractivity contribution in [3.63, 3.8) is 0 Å². The van der Waals surface area contributed by atoms with E-state index in [0.29, 0.717) is 27.1 Å². The molecule has 26 heavy (non-hydrogen) atoms. The molecule has 2 N–H and O–H groups in total. The van der Waals surface area contributed by atoms with Crippen molar-refractivity contribution < 1.29 is 13.5 Å². The number of nitrogens with one attached hydrogen (secondary N) is 1. The van der Waals surface area contributed by atoms with Gasteiger partial charge in [-0.2, -0.15) is 0 Å². The average molecular weight is 389 g/mol. The van der Waals surface area contributed by atoms with Gasteiger partial charge in [-0.1, -0.05) is 41.9 Å². The number of sulfonamides is 1. The summed E-state index contributed by atoms with van der Waals surface area (Å²) in [6.45, 7) is 0. The first-order valence-electron chi connectivity index (χ1n) is 7.63. The molecule has 0 radical (unpaired) electrons. The summed E-state index contributed by atoms with van der Waals surface area (Å²) >= 11 is 6.18. The maximum Gasteiger partial charge on any atom is 0.239 e. The number of pyridine rings is 1. The zero-order valence-corrected chi connectivity index (χ0v) is 14.9. The van der Waals surface area contributed by atoms with Crippen LogP contribution in [0.25, 0.3) is 16.6 Å². The second-order valence-electron chi connectivity index (χ2n) is 5.71. The van der Waals surface area contributed by atoms with E-state index in [9.17, 15) is 13.5 Å². The SMILES string of the molecule is O=S(=O)(Cc1ccccc1)Nc1ncc(O)c2cc3c(Cl)ccnc3n12. The second-order valence-corrected chi connectivity index (χ2v) is 7.84. The van der Waals surface area contributed by atoms with Gasteiger partial charge in [-0.05, 0) is 17.7 Å². The summed E-state index contributed by atoms with van der Waals surface area (Å²) in [5.41, 5.74) is 1.40. The van der Waals surface area contributed by atoms with Crippen molar-refractivity contribution in [2.24, 2.45) is 0 Å². The number of hydrogen-bond acceptors (Lipinski definition) is 5. The van der Waals surface area contributed by atoms with Gasteiger partial charge in [0.05, 0.1) is 22.5 Å². The molecule has 0 saturated carbocycles. The van der Waals surface area contributed by atoms with Crippen LogP contribution in [0.15, 0.2) is 54.9 Å². The molecule has 0 fully saturated rings. The van der Waals surface area contributed by atoms with E-state index in [-0.39, 0.29) is 17.5 Å². The predicted molar refractivity (Wildman–Crippen MR) is 99.9 cm³/mol. The standard InChI is InChI=1S/C17H13ClN4O3S/c18-13-6-7-19-16-12(13)8-14-15(23)9-20-17(22(14)16)21-26(24,25)10-11-4-2-1-3-5-11/h1-9,23H,10H2,(H,20,21). The van der Waals surface area contributed by atoms with Gasteiger partial charge >= 0.3 is 0 Å². The van der Waals surface area contributed by atoms with Gasteiger partial charge < -0.3 is 5.11 Å². The highest BCUT2D eigenvalue weighted by Gasteiger charge is 2.19. The molecule has 0 aliphatic heterocycles. The lowest BCUT2D eigenvalue weighted by Gasteiger charge is -2.10. The van der Waals surface area contributed by atoms with Crippen molar-refractivity contribution in [2.45, 2.75) is 5.75 Å². The third-order valence-corrected chi connectivity index (χ3v) is 5.42. The molecule has 0 atom stereocenters. The molecule has 4 rings (SSSR count). The summed E-state index contributed by atoms with van der Waals surface area (Å²) in [6, 6.07) is 12.1. The first-order valence-corrected chi connectivity index (χ1v) is 9.66. The minimum atomic E-state index is -3.72. The monoisotopic (exact) mass is 388 g/mol. The topological polar surface area (TPSA) is 96.6 Å². The number of halogens is 1. The van der Waals surface area contributed by atoms with Crippen LogP contribution in [-0.4, -0.2) is 27.9 Å². The Morgan fingerprint density at radius 3 is 2.69 bits per heavy atom. The Morgan fingerprint density at radius 2 is 1.92 bits per heavy atom. The third-order valence-electron chi connectivity index (χ3n) is 3.88. The normalized spacial score (nSPS) is 11.9. The Kier molecular flexibility index (Phi) is 3.93. The summed E-state index contributed by atoms with van der Waals surface area (Å²) < 4.78 is 29.0. The molecule has 0 bridgehead atoms. The molecule has 0 spiro atoms. The van der Waals surface area contributed by atoms with E-state index in [0.717, 1.165) is 0 Å². The summed E-state index contributed by atoms with van der Waals surface area (Å²) in [7, 11) is -3.72. The van der Waals surface area contributed by atoms with Crippen molar-refractivity contribution >= 4 is 44.1 Å². The van der Waals surface area contributed by atoms with E-state index < -0.39 is 10.0 Å². The number of rotatable bonds is 4. The molecule has 0 saturated heterocycles. The summed E-state index contributed by atoms with van der Waals surface area (Å²) in [5.74, 6) is -0.283. The summed E-state index contributed by atoms with van der Waals surface area (Å²) in [6.07, 6.45) is 2.69. The highest BCUT2D eigenvalue weighted by molar-refractivity contribution is 7.91. The lowest BCUT2D eigenvalue weighted by Crippen LogP contribution is -2.18. The van der Waals surface area contributed by atoms with Crippen LogP contribution in [-0.2, 0) is 15.8 Å². The molecule has 0 unspecified atom stereocenters. The second kappa shape index (κ2) is 6.15. The fraction of sp³-hybridized carbons (Fsp3) is 0.0588. The molecule has 9 heteroatoms. The zero-order chi connectivity index (χ0) is 18.3. The van der Waals surface area contributed by atoms with Gasteiger partial charge in [0.2, 0.25) is 16.0 Å². The van der Waals surface area contributed by atoms with Crippen LogP contribution in [0.5, 0.6) is 5.75 Å². The Morgan fingerprint density at radius 1 is 1.15 bits per heavy atom. The number of fused-ring (bicyclic) bond motifs is 3. The van der Waals surface area contributed by atoms with Crippen molar-refractivity contribution in [1.82, 2.24) is 14.4 Å². The number of hydrogen-bond donors (Lipinski definition) is 2. The molecular formula is C17H13ClN4O3S. The number of nitrogens with zero attached hydrogens (tertiary/aromatic N) is 3. The molecule has 4 aromatic rings.